The largest absolute Gasteiger partial charge is 0.172 e. The molecule has 6 aromatic rings. The third-order valence-corrected chi connectivity index (χ3v) is 9.62. The van der Waals surface area contributed by atoms with Gasteiger partial charge in [-0.25, -0.2) is 0 Å². The number of hydrogen-bond donors (Lipinski definition) is 0. The van der Waals surface area contributed by atoms with E-state index in [1.807, 2.05) is 45.3 Å². The first-order valence-electron chi connectivity index (χ1n) is 8.42. The van der Waals surface area contributed by atoms with Gasteiger partial charge in [0.05, 0.1) is 11.7 Å². The summed E-state index contributed by atoms with van der Waals surface area (Å²) in [6, 6.07) is 13.6. The van der Waals surface area contributed by atoms with E-state index in [0.717, 1.165) is 11.0 Å². The van der Waals surface area contributed by atoms with Crippen LogP contribution in [-0.2, 0) is 0 Å². The topological polar surface area (TPSA) is 25.8 Å². The Balaban J connectivity index is 1.54. The van der Waals surface area contributed by atoms with Gasteiger partial charge in [0.2, 0.25) is 0 Å². The highest BCUT2D eigenvalue weighted by molar-refractivity contribution is 7.30. The molecule has 5 heterocycles. The predicted octanol–water partition coefficient (Wildman–Crippen LogP) is 8.19. The van der Waals surface area contributed by atoms with E-state index in [1.165, 1.54) is 61.2 Å². The molecule has 6 rings (SSSR count). The highest BCUT2D eigenvalue weighted by Crippen LogP contribution is 2.44. The van der Waals surface area contributed by atoms with Crippen LogP contribution in [0, 0.1) is 13.8 Å². The summed E-state index contributed by atoms with van der Waals surface area (Å²) in [5.74, 6) is 0. The van der Waals surface area contributed by atoms with Gasteiger partial charge in [-0.3, -0.25) is 0 Å². The molecule has 0 aliphatic carbocycles. The molecule has 1 aromatic carbocycles. The van der Waals surface area contributed by atoms with Crippen molar-refractivity contribution in [2.24, 2.45) is 0 Å². The lowest BCUT2D eigenvalue weighted by molar-refractivity contribution is 1.64. The van der Waals surface area contributed by atoms with Gasteiger partial charge in [-0.05, 0) is 38.1 Å². The summed E-state index contributed by atoms with van der Waals surface area (Å²) in [7, 11) is 0. The maximum absolute atomic E-state index is 4.66. The summed E-state index contributed by atoms with van der Waals surface area (Å²) < 4.78 is 14.8. The quantitative estimate of drug-likeness (QED) is 0.271. The molecule has 0 unspecified atom stereocenters. The minimum absolute atomic E-state index is 1.02. The number of nitrogens with zero attached hydrogens (tertiary/aromatic N) is 2. The molecular formula is C20H12N2S5. The molecule has 132 valence electrons. The van der Waals surface area contributed by atoms with E-state index in [4.69, 9.17) is 0 Å². The lowest BCUT2D eigenvalue weighted by Crippen LogP contribution is -1.81. The lowest BCUT2D eigenvalue weighted by atomic mass is 10.1. The number of aryl methyl sites for hydroxylation is 2. The first-order valence-corrected chi connectivity index (χ1v) is 12.4. The molecule has 0 aliphatic rings. The fraction of sp³-hybridized carbons (Fsp3) is 0.100. The Morgan fingerprint density at radius 1 is 0.593 bits per heavy atom. The summed E-state index contributed by atoms with van der Waals surface area (Å²) in [6.45, 7) is 4.34. The van der Waals surface area contributed by atoms with Crippen LogP contribution in [0.15, 0.2) is 36.4 Å². The molecule has 5 aromatic heterocycles. The Labute approximate surface area is 175 Å². The Morgan fingerprint density at radius 3 is 1.48 bits per heavy atom. The summed E-state index contributed by atoms with van der Waals surface area (Å²) in [5, 5.41) is 0. The minimum Gasteiger partial charge on any atom is -0.172 e. The van der Waals surface area contributed by atoms with Crippen molar-refractivity contribution in [2.45, 2.75) is 13.8 Å². The molecule has 0 atom stereocenters. The summed E-state index contributed by atoms with van der Waals surface area (Å²) >= 11 is 8.73. The van der Waals surface area contributed by atoms with E-state index in [2.05, 4.69) is 59.0 Å². The van der Waals surface area contributed by atoms with Gasteiger partial charge in [0, 0.05) is 49.4 Å². The van der Waals surface area contributed by atoms with Crippen molar-refractivity contribution >= 4 is 86.9 Å². The number of hydrogen-bond acceptors (Lipinski definition) is 7. The Kier molecular flexibility index (Phi) is 3.58. The van der Waals surface area contributed by atoms with E-state index >= 15 is 0 Å². The van der Waals surface area contributed by atoms with Crippen LogP contribution in [0.25, 0.3) is 50.7 Å². The van der Waals surface area contributed by atoms with Gasteiger partial charge in [0.1, 0.15) is 11.0 Å². The Morgan fingerprint density at radius 2 is 1.04 bits per heavy atom. The third kappa shape index (κ3) is 2.53. The average Bonchev–Trinajstić information content (AvgIpc) is 3.38. The van der Waals surface area contributed by atoms with Crippen LogP contribution in [0.4, 0.5) is 0 Å². The van der Waals surface area contributed by atoms with Gasteiger partial charge in [-0.15, -0.1) is 45.3 Å². The lowest BCUT2D eigenvalue weighted by Gasteiger charge is -2.03. The summed E-state index contributed by atoms with van der Waals surface area (Å²) in [5.41, 5.74) is 4.44. The number of rotatable bonds is 2. The Bertz CT molecular complexity index is 1280. The molecule has 0 aliphatic heterocycles. The minimum atomic E-state index is 1.02. The van der Waals surface area contributed by atoms with Crippen molar-refractivity contribution in [3.8, 4) is 20.9 Å². The molecule has 0 saturated carbocycles. The molecule has 7 heteroatoms. The van der Waals surface area contributed by atoms with Crippen LogP contribution in [-0.4, -0.2) is 8.75 Å². The van der Waals surface area contributed by atoms with E-state index in [9.17, 15) is 0 Å². The molecule has 0 bridgehead atoms. The van der Waals surface area contributed by atoms with E-state index in [0.29, 0.717) is 0 Å². The molecule has 0 saturated heterocycles. The third-order valence-electron chi connectivity index (χ3n) is 4.61. The molecule has 0 amide bonds. The zero-order chi connectivity index (χ0) is 18.1. The van der Waals surface area contributed by atoms with Crippen molar-refractivity contribution in [1.82, 2.24) is 8.75 Å². The van der Waals surface area contributed by atoms with Crippen molar-refractivity contribution in [3.63, 3.8) is 0 Å². The first-order chi connectivity index (χ1) is 13.2. The van der Waals surface area contributed by atoms with Gasteiger partial charge in [-0.1, -0.05) is 12.1 Å². The fourth-order valence-electron chi connectivity index (χ4n) is 3.44. The average molecular weight is 441 g/mol. The van der Waals surface area contributed by atoms with Gasteiger partial charge in [0.15, 0.2) is 0 Å². The maximum atomic E-state index is 4.66. The number of thiophene rings is 4. The molecule has 2 nitrogen and oxygen atoms in total. The molecule has 0 radical (unpaired) electrons. The van der Waals surface area contributed by atoms with Crippen molar-refractivity contribution < 1.29 is 0 Å². The summed E-state index contributed by atoms with van der Waals surface area (Å²) in [6.07, 6.45) is 0. The van der Waals surface area contributed by atoms with Crippen molar-refractivity contribution in [1.29, 1.82) is 0 Å². The van der Waals surface area contributed by atoms with E-state index in [1.54, 1.807) is 0 Å². The fourth-order valence-corrected chi connectivity index (χ4v) is 8.70. The van der Waals surface area contributed by atoms with Crippen LogP contribution in [0.3, 0.4) is 0 Å². The van der Waals surface area contributed by atoms with Crippen LogP contribution < -0.4 is 0 Å². The highest BCUT2D eigenvalue weighted by atomic mass is 32.1. The van der Waals surface area contributed by atoms with Crippen molar-refractivity contribution in [3.05, 3.63) is 46.2 Å². The number of fused-ring (bicyclic) bond motifs is 3. The smallest absolute Gasteiger partial charge is 0.114 e. The van der Waals surface area contributed by atoms with Gasteiger partial charge in [0.25, 0.3) is 0 Å². The van der Waals surface area contributed by atoms with Crippen LogP contribution in [0.2, 0.25) is 0 Å². The monoisotopic (exact) mass is 440 g/mol. The molecule has 0 spiro atoms. The maximum Gasteiger partial charge on any atom is 0.114 e. The van der Waals surface area contributed by atoms with E-state index < -0.39 is 0 Å². The zero-order valence-corrected chi connectivity index (χ0v) is 18.5. The molecule has 27 heavy (non-hydrogen) atoms. The normalized spacial score (nSPS) is 12.1. The van der Waals surface area contributed by atoms with Gasteiger partial charge in [-0.2, -0.15) is 8.75 Å². The number of aromatic nitrogens is 2. The summed E-state index contributed by atoms with van der Waals surface area (Å²) in [4.78, 5) is 5.30. The second-order valence-electron chi connectivity index (χ2n) is 6.51. The standard InChI is InChI=1S/C20H12N2S5/c1-9-5-15-17(23-9)7-13(25-15)11-3-4-12(20-19(11)21-27-22-20)14-8-18-16(26-14)6-10(2)24-18/h3-8H,1-2H3. The van der Waals surface area contributed by atoms with E-state index in [-0.39, 0.29) is 0 Å². The first kappa shape index (κ1) is 16.3. The van der Waals surface area contributed by atoms with Crippen LogP contribution in [0.1, 0.15) is 9.75 Å². The van der Waals surface area contributed by atoms with Crippen molar-refractivity contribution in [2.75, 3.05) is 0 Å². The predicted molar refractivity (Wildman–Crippen MR) is 124 cm³/mol. The molecule has 0 N–H and O–H groups in total. The molecule has 0 fully saturated rings. The Hall–Kier alpha value is -1.64. The van der Waals surface area contributed by atoms with Gasteiger partial charge < -0.3 is 0 Å². The SMILES string of the molecule is Cc1cc2sc(-c3ccc(-c4cc5sc(C)cc5s4)c4nsnc34)cc2s1. The second-order valence-corrected chi connectivity index (χ2v) is 11.8. The van der Waals surface area contributed by atoms with Crippen LogP contribution in [0.5, 0.6) is 0 Å². The van der Waals surface area contributed by atoms with Crippen LogP contribution >= 0.6 is 57.1 Å². The second kappa shape index (κ2) is 5.93. The molecular weight excluding hydrogens is 429 g/mol. The van der Waals surface area contributed by atoms with Gasteiger partial charge >= 0.3 is 0 Å². The number of benzene rings is 1. The zero-order valence-electron chi connectivity index (χ0n) is 14.4. The highest BCUT2D eigenvalue weighted by Gasteiger charge is 2.17.